The van der Waals surface area contributed by atoms with Crippen LogP contribution in [0.2, 0.25) is 0 Å². The van der Waals surface area contributed by atoms with Crippen molar-refractivity contribution in [1.29, 1.82) is 0 Å². The lowest BCUT2D eigenvalue weighted by molar-refractivity contribution is -0.138. The Bertz CT molecular complexity index is 4610. The number of benzene rings is 8. The number of alkyl halides is 7. The topological polar surface area (TPSA) is 364 Å². The minimum Gasteiger partial charge on any atom is -0.478 e. The number of nitrogens with one attached hydrogen (secondary N) is 2. The molecule has 0 aliphatic carbocycles. The Kier molecular flexibility index (Phi) is 57.5. The number of ether oxygens (including phenoxy) is 3. The summed E-state index contributed by atoms with van der Waals surface area (Å²) >= 11 is 22.2. The van der Waals surface area contributed by atoms with E-state index >= 15 is 0 Å². The molecular weight excluding hydrogens is 2000 g/mol. The molecule has 626 valence electrons. The maximum Gasteiger partial charge on any atom is 0.416 e. The first kappa shape index (κ1) is 113. The number of aryl methyl sites for hydroxylation is 7. The van der Waals surface area contributed by atoms with E-state index in [9.17, 15) is 74.3 Å². The molecule has 36 heteroatoms. The SMILES string of the molecule is CC(=O)Cl.CC(=O)Nc1ccc(C(C)=O)c(C)c1.CC(=O)Nc1cccc(C)c1.CC(=O)c1ccc(I)cc1C.CC(=O)c1ccc(N)cc1C.CO.COC(=O)c1ccc(C(F)(F)F)cc1C.COC(=O)c1ccc(C(F)(F)F)cc1CBr.COC(=O)c1ccc(I)cc1C.Cc1cc(I)ccc1C(=O)O.O=S(=O)(O)O.S=C=S. The Hall–Kier alpha value is -8.35. The van der Waals surface area contributed by atoms with Gasteiger partial charge in [0.1, 0.15) is 0 Å². The van der Waals surface area contributed by atoms with Crippen molar-refractivity contribution in [2.45, 2.75) is 108 Å². The first-order chi connectivity index (χ1) is 53.1. The highest BCUT2D eigenvalue weighted by molar-refractivity contribution is 14.1. The largest absolute Gasteiger partial charge is 0.478 e. The summed E-state index contributed by atoms with van der Waals surface area (Å²) in [6.07, 6.45) is -8.80. The number of esters is 3. The molecular formula is C79H86BrClF6I3N3O19S3. The molecule has 0 bridgehead atoms. The van der Waals surface area contributed by atoms with Gasteiger partial charge in [0.15, 0.2) is 17.3 Å². The fraction of sp³-hybridized carbons (Fsp3) is 0.253. The minimum absolute atomic E-state index is 0.0319. The van der Waals surface area contributed by atoms with Gasteiger partial charge in [-0.05, 0) is 351 Å². The summed E-state index contributed by atoms with van der Waals surface area (Å²) in [4.78, 5) is 108. The zero-order chi connectivity index (χ0) is 90.2. The molecule has 0 aromatic heterocycles. The maximum atomic E-state index is 12.4. The molecule has 8 N–H and O–H groups in total. The normalized spacial score (nSPS) is 9.73. The van der Waals surface area contributed by atoms with E-state index in [2.05, 4.69) is 145 Å². The standard InChI is InChI=1S/C11H13NO2.C10H8BrF3O2.C10H9F3O2.C9H9IO2.C9H9IO.2C9H11NO.C8H7IO2.C2H3ClO.CH4O.CS2.H2O4S/c1-7-6-10(12-9(3)14)4-5-11(7)8(2)13;1-16-9(15)8-3-2-7(10(12,13)14)4-6(8)5-11;1-6-5-7(10(11,12)13)3-4-8(6)9(14)15-2;1-6-5-7(10)3-4-8(6)9(11)12-2;2*1-6-5-8(10)3-4-9(6)7(2)11;1-7-4-3-5-9(6-7)10-8(2)11;1-5-4-6(9)2-3-7(5)8(10)11;1-2(3)4;1-2;2-1-3;1-5(2,3)4/h4-6H,1-3H3,(H,12,14);2-4H,5H2,1H3;3-5H,1-2H3;3-5H,1-2H3;3-5H,1-2H3;3-5H,10H2,1-2H3;3-6H,1-2H3,(H,10,11);2-4H,1H3,(H,10,11);1H3;2H,1H3;;(H2,1,2,3,4). The summed E-state index contributed by atoms with van der Waals surface area (Å²) < 4.78 is 124. The number of anilines is 3. The second-order valence-electron chi connectivity index (χ2n) is 22.7. The molecule has 22 nitrogen and oxygen atoms in total. The fourth-order valence-corrected chi connectivity index (χ4v) is 11.0. The lowest BCUT2D eigenvalue weighted by Crippen LogP contribution is -2.09. The average Bonchev–Trinajstić information content (AvgIpc) is 0.820. The van der Waals surface area contributed by atoms with E-state index in [0.29, 0.717) is 22.4 Å². The first-order valence-corrected chi connectivity index (χ1v) is 39.1. The molecule has 0 radical (unpaired) electrons. The minimum atomic E-state index is -4.67. The van der Waals surface area contributed by atoms with Crippen LogP contribution in [0.1, 0.15) is 170 Å². The Morgan fingerprint density at radius 2 is 0.757 bits per heavy atom. The number of carboxylic acids is 1. The quantitative estimate of drug-likeness (QED) is 0.00639. The van der Waals surface area contributed by atoms with Gasteiger partial charge in [-0.3, -0.25) is 37.9 Å². The molecule has 0 fully saturated rings. The second kappa shape index (κ2) is 58.5. The Morgan fingerprint density at radius 3 is 1.05 bits per heavy atom. The van der Waals surface area contributed by atoms with Gasteiger partial charge in [0, 0.05) is 82.0 Å². The number of halogens is 11. The van der Waals surface area contributed by atoms with E-state index in [4.69, 9.17) is 33.5 Å². The van der Waals surface area contributed by atoms with E-state index < -0.39 is 51.8 Å². The summed E-state index contributed by atoms with van der Waals surface area (Å²) in [5, 5.41) is 20.8. The van der Waals surface area contributed by atoms with Crippen LogP contribution in [0, 0.1) is 59.2 Å². The van der Waals surface area contributed by atoms with Crippen LogP contribution in [0.3, 0.4) is 0 Å². The number of aliphatic hydroxyl groups is 1. The highest BCUT2D eigenvalue weighted by Gasteiger charge is 2.32. The Balaban J connectivity index is -0.000000599. The monoisotopic (exact) mass is 2090 g/mol. The number of nitrogen functional groups attached to an aromatic ring is 1. The van der Waals surface area contributed by atoms with E-state index in [1.54, 1.807) is 75.4 Å². The van der Waals surface area contributed by atoms with Crippen molar-refractivity contribution in [3.8, 4) is 0 Å². The number of carboxylic acid groups (broad SMARTS) is 1. The average molecular weight is 2090 g/mol. The molecule has 8 aromatic carbocycles. The zero-order valence-corrected chi connectivity index (χ0v) is 76.3. The lowest BCUT2D eigenvalue weighted by atomic mass is 10.1. The van der Waals surface area contributed by atoms with Gasteiger partial charge in [-0.15, -0.1) is 0 Å². The van der Waals surface area contributed by atoms with Crippen LogP contribution in [0.5, 0.6) is 0 Å². The molecule has 2 amide bonds. The molecule has 115 heavy (non-hydrogen) atoms. The van der Waals surface area contributed by atoms with E-state index in [1.165, 1.54) is 59.5 Å². The van der Waals surface area contributed by atoms with Gasteiger partial charge in [0.25, 0.3) is 0 Å². The van der Waals surface area contributed by atoms with Crippen LogP contribution in [0.25, 0.3) is 0 Å². The smallest absolute Gasteiger partial charge is 0.416 e. The van der Waals surface area contributed by atoms with Crippen molar-refractivity contribution < 1.29 is 116 Å². The van der Waals surface area contributed by atoms with Crippen LogP contribution < -0.4 is 16.4 Å². The number of amides is 2. The zero-order valence-electron chi connectivity index (χ0n) is 65.0. The maximum absolute atomic E-state index is 12.4. The third-order valence-corrected chi connectivity index (χ3v) is 16.0. The van der Waals surface area contributed by atoms with Gasteiger partial charge in [-0.2, -0.15) is 34.8 Å². The van der Waals surface area contributed by atoms with Crippen molar-refractivity contribution in [2.24, 2.45) is 0 Å². The summed E-state index contributed by atoms with van der Waals surface area (Å²) in [6, 6.07) is 40.8. The number of rotatable bonds is 10. The van der Waals surface area contributed by atoms with Gasteiger partial charge in [-0.25, -0.2) is 19.2 Å². The predicted molar refractivity (Wildman–Crippen MR) is 469 cm³/mol. The number of carbonyl (C=O) groups is 10. The first-order valence-electron chi connectivity index (χ1n) is 32.2. The summed E-state index contributed by atoms with van der Waals surface area (Å²) in [7, 11) is 0.0806. The van der Waals surface area contributed by atoms with Gasteiger partial charge in [0.05, 0.1) is 54.7 Å². The molecule has 0 atom stereocenters. The summed E-state index contributed by atoms with van der Waals surface area (Å²) in [5.74, 6) is -2.30. The van der Waals surface area contributed by atoms with Crippen LogP contribution in [-0.4, -0.2) is 119 Å². The molecule has 0 saturated heterocycles. The Morgan fingerprint density at radius 1 is 0.470 bits per heavy atom. The van der Waals surface area contributed by atoms with E-state index in [-0.39, 0.29) is 68.0 Å². The van der Waals surface area contributed by atoms with Gasteiger partial charge >= 0.3 is 46.6 Å². The Labute approximate surface area is 728 Å². The van der Waals surface area contributed by atoms with E-state index in [0.717, 1.165) is 107 Å². The summed E-state index contributed by atoms with van der Waals surface area (Å²) in [6.45, 7) is 21.7. The third kappa shape index (κ3) is 51.4. The van der Waals surface area contributed by atoms with Crippen LogP contribution in [0.4, 0.5) is 43.4 Å². The van der Waals surface area contributed by atoms with Crippen molar-refractivity contribution in [3.63, 3.8) is 0 Å². The number of methoxy groups -OCH3 is 3. The highest BCUT2D eigenvalue weighted by Crippen LogP contribution is 2.32. The van der Waals surface area contributed by atoms with Crippen LogP contribution >= 0.6 is 120 Å². The molecule has 0 spiro atoms. The molecule has 0 saturated carbocycles. The molecule has 0 unspecified atom stereocenters. The molecule has 0 aliphatic heterocycles. The third-order valence-electron chi connectivity index (χ3n) is 13.4. The van der Waals surface area contributed by atoms with Gasteiger partial charge in [0.2, 0.25) is 17.1 Å². The number of carbonyl (C=O) groups excluding carboxylic acids is 9. The lowest BCUT2D eigenvalue weighted by Gasteiger charge is -2.10. The number of ketones is 3. The van der Waals surface area contributed by atoms with Crippen molar-refractivity contribution >= 4 is 210 Å². The number of aliphatic hydroxyl groups excluding tert-OH is 1. The number of nitrogens with two attached hydrogens (primary N) is 1. The molecule has 0 aliphatic rings. The van der Waals surface area contributed by atoms with Gasteiger partial charge < -0.3 is 40.8 Å². The van der Waals surface area contributed by atoms with Gasteiger partial charge in [-0.1, -0.05) is 34.1 Å². The number of hydrogen-bond acceptors (Lipinski definition) is 19. The number of hydrogen-bond donors (Lipinski definition) is 7. The predicted octanol–water partition coefficient (Wildman–Crippen LogP) is 20.3. The van der Waals surface area contributed by atoms with Crippen LogP contribution in [-0.2, 0) is 56.7 Å². The molecule has 0 heterocycles. The highest BCUT2D eigenvalue weighted by atomic mass is 127. The van der Waals surface area contributed by atoms with Crippen molar-refractivity contribution in [1.82, 2.24) is 0 Å². The summed E-state index contributed by atoms with van der Waals surface area (Å²) in [5.41, 5.74) is 16.1. The molecule has 8 aromatic rings. The number of aromatic carboxylic acids is 1. The van der Waals surface area contributed by atoms with Crippen LogP contribution in [0.15, 0.2) is 152 Å². The molecule has 8 rings (SSSR count). The number of thiocarbonyl (C=S) groups is 2. The fourth-order valence-electron chi connectivity index (χ4n) is 8.57. The van der Waals surface area contributed by atoms with Crippen molar-refractivity contribution in [2.75, 3.05) is 44.8 Å². The number of Topliss-reactive ketones (excluding diaryl/α,β-unsaturated/α-hetero) is 3. The van der Waals surface area contributed by atoms with Crippen molar-refractivity contribution in [3.05, 3.63) is 257 Å². The van der Waals surface area contributed by atoms with E-state index in [1.807, 2.05) is 99.6 Å². The second-order valence-corrected chi connectivity index (χ2v) is 29.1.